The Hall–Kier alpha value is -2.22. The van der Waals surface area contributed by atoms with Crippen LogP contribution in [0.4, 0.5) is 5.82 Å². The van der Waals surface area contributed by atoms with E-state index in [0.717, 1.165) is 30.7 Å². The Morgan fingerprint density at radius 1 is 1.24 bits per heavy atom. The van der Waals surface area contributed by atoms with Crippen molar-refractivity contribution in [2.24, 2.45) is 7.05 Å². The molecule has 0 radical (unpaired) electrons. The summed E-state index contributed by atoms with van der Waals surface area (Å²) in [5.74, 6) is 0.351. The number of aryl methyl sites for hydroxylation is 2. The summed E-state index contributed by atoms with van der Waals surface area (Å²) < 4.78 is 2.53. The molecular weight excluding hydrogens is 376 g/mol. The van der Waals surface area contributed by atoms with E-state index >= 15 is 0 Å². The average molecular weight is 389 g/mol. The standard InChI is InChI=1S/C17H13ClN4OS2/c1-9-11-7-13(25-17(11)22(2)21-9)16(23)20-15-6-3-10(8-19-15)12-4-5-14(18)24-12/h3-8H,1-2H3,(H,19,20,23). The van der Waals surface area contributed by atoms with E-state index in [1.807, 2.05) is 38.2 Å². The van der Waals surface area contributed by atoms with Crippen LogP contribution in [-0.4, -0.2) is 20.7 Å². The van der Waals surface area contributed by atoms with E-state index in [1.165, 1.54) is 22.7 Å². The van der Waals surface area contributed by atoms with E-state index in [4.69, 9.17) is 11.6 Å². The van der Waals surface area contributed by atoms with E-state index in [1.54, 1.807) is 16.9 Å². The van der Waals surface area contributed by atoms with Crippen molar-refractivity contribution in [2.45, 2.75) is 6.92 Å². The number of anilines is 1. The summed E-state index contributed by atoms with van der Waals surface area (Å²) in [6, 6.07) is 9.40. The second kappa shape index (κ2) is 6.25. The molecule has 0 saturated heterocycles. The highest BCUT2D eigenvalue weighted by Crippen LogP contribution is 2.31. The maximum absolute atomic E-state index is 12.5. The van der Waals surface area contributed by atoms with Crippen LogP contribution >= 0.6 is 34.3 Å². The van der Waals surface area contributed by atoms with Crippen LogP contribution in [0.15, 0.2) is 36.5 Å². The fourth-order valence-electron chi connectivity index (χ4n) is 2.58. The van der Waals surface area contributed by atoms with Gasteiger partial charge in [0.15, 0.2) is 0 Å². The molecule has 4 aromatic heterocycles. The van der Waals surface area contributed by atoms with Crippen molar-refractivity contribution in [2.75, 3.05) is 5.32 Å². The summed E-state index contributed by atoms with van der Waals surface area (Å²) in [4.78, 5) is 19.5. The Labute approximate surface area is 156 Å². The SMILES string of the molecule is Cc1nn(C)c2sc(C(=O)Nc3ccc(-c4ccc(Cl)s4)cn3)cc12. The molecule has 0 fully saturated rings. The minimum Gasteiger partial charge on any atom is -0.306 e. The van der Waals surface area contributed by atoms with Crippen LogP contribution in [0, 0.1) is 6.92 Å². The predicted octanol–water partition coefficient (Wildman–Crippen LogP) is 4.97. The van der Waals surface area contributed by atoms with Gasteiger partial charge in [0.25, 0.3) is 5.91 Å². The third-order valence-corrected chi connectivity index (χ3v) is 6.26. The van der Waals surface area contributed by atoms with Crippen molar-refractivity contribution >= 4 is 56.2 Å². The zero-order valence-electron chi connectivity index (χ0n) is 13.4. The number of hydrogen-bond donors (Lipinski definition) is 1. The summed E-state index contributed by atoms with van der Waals surface area (Å²) in [7, 11) is 1.88. The number of halogens is 1. The molecule has 0 aliphatic rings. The van der Waals surface area contributed by atoms with Crippen molar-refractivity contribution in [3.05, 3.63) is 51.4 Å². The molecule has 5 nitrogen and oxygen atoms in total. The lowest BCUT2D eigenvalue weighted by Crippen LogP contribution is -2.11. The maximum atomic E-state index is 12.5. The molecule has 0 atom stereocenters. The summed E-state index contributed by atoms with van der Waals surface area (Å²) >= 11 is 8.88. The monoisotopic (exact) mass is 388 g/mol. The highest BCUT2D eigenvalue weighted by molar-refractivity contribution is 7.20. The Balaban J connectivity index is 1.54. The zero-order valence-corrected chi connectivity index (χ0v) is 15.8. The molecular formula is C17H13ClN4OS2. The molecule has 25 heavy (non-hydrogen) atoms. The number of nitrogens with zero attached hydrogens (tertiary/aromatic N) is 3. The summed E-state index contributed by atoms with van der Waals surface area (Å²) in [5.41, 5.74) is 1.89. The Kier molecular flexibility index (Phi) is 4.07. The first-order valence-corrected chi connectivity index (χ1v) is 9.48. The molecule has 1 amide bonds. The fourth-order valence-corrected chi connectivity index (χ4v) is 4.63. The first-order valence-electron chi connectivity index (χ1n) is 7.47. The van der Waals surface area contributed by atoms with Gasteiger partial charge in [0, 0.05) is 29.1 Å². The largest absolute Gasteiger partial charge is 0.306 e. The summed E-state index contributed by atoms with van der Waals surface area (Å²) in [5, 5.41) is 8.20. The molecule has 0 unspecified atom stereocenters. The number of rotatable bonds is 3. The van der Waals surface area contributed by atoms with Crippen molar-refractivity contribution < 1.29 is 4.79 Å². The average Bonchev–Trinajstić information content (AvgIpc) is 3.27. The van der Waals surface area contributed by atoms with Gasteiger partial charge in [-0.3, -0.25) is 9.48 Å². The van der Waals surface area contributed by atoms with E-state index in [9.17, 15) is 4.79 Å². The van der Waals surface area contributed by atoms with Gasteiger partial charge in [-0.1, -0.05) is 11.6 Å². The molecule has 4 rings (SSSR count). The number of amides is 1. The van der Waals surface area contributed by atoms with Crippen LogP contribution in [-0.2, 0) is 7.05 Å². The van der Waals surface area contributed by atoms with Gasteiger partial charge >= 0.3 is 0 Å². The van der Waals surface area contributed by atoms with Gasteiger partial charge < -0.3 is 5.32 Å². The van der Waals surface area contributed by atoms with Gasteiger partial charge in [0.2, 0.25) is 0 Å². The van der Waals surface area contributed by atoms with Crippen molar-refractivity contribution in [1.82, 2.24) is 14.8 Å². The van der Waals surface area contributed by atoms with E-state index in [-0.39, 0.29) is 5.91 Å². The Bertz CT molecular complexity index is 1040. The highest BCUT2D eigenvalue weighted by atomic mass is 35.5. The molecule has 4 heterocycles. The molecule has 0 aliphatic heterocycles. The Morgan fingerprint density at radius 3 is 2.72 bits per heavy atom. The van der Waals surface area contributed by atoms with Crippen LogP contribution in [0.25, 0.3) is 20.7 Å². The second-order valence-corrected chi connectivity index (χ2v) is 8.27. The van der Waals surface area contributed by atoms with Gasteiger partial charge in [-0.2, -0.15) is 5.10 Å². The van der Waals surface area contributed by atoms with E-state index < -0.39 is 0 Å². The number of nitrogens with one attached hydrogen (secondary N) is 1. The molecule has 4 aromatic rings. The summed E-state index contributed by atoms with van der Waals surface area (Å²) in [6.45, 7) is 1.94. The lowest BCUT2D eigenvalue weighted by molar-refractivity contribution is 0.103. The molecule has 0 aliphatic carbocycles. The van der Waals surface area contributed by atoms with Gasteiger partial charge in [0.1, 0.15) is 10.6 Å². The van der Waals surface area contributed by atoms with Gasteiger partial charge in [0.05, 0.1) is 14.9 Å². The third-order valence-electron chi connectivity index (χ3n) is 3.78. The lowest BCUT2D eigenvalue weighted by Gasteiger charge is -2.03. The highest BCUT2D eigenvalue weighted by Gasteiger charge is 2.15. The van der Waals surface area contributed by atoms with Crippen LogP contribution in [0.5, 0.6) is 0 Å². The number of thiophene rings is 2. The molecule has 126 valence electrons. The molecule has 0 spiro atoms. The lowest BCUT2D eigenvalue weighted by atomic mass is 10.2. The number of carbonyl (C=O) groups is 1. The van der Waals surface area contributed by atoms with Crippen LogP contribution in [0.3, 0.4) is 0 Å². The fraction of sp³-hybridized carbons (Fsp3) is 0.118. The van der Waals surface area contributed by atoms with Crippen molar-refractivity contribution in [3.63, 3.8) is 0 Å². The predicted molar refractivity (Wildman–Crippen MR) is 104 cm³/mol. The third kappa shape index (κ3) is 3.06. The molecule has 0 bridgehead atoms. The molecule has 1 N–H and O–H groups in total. The van der Waals surface area contributed by atoms with Crippen LogP contribution in [0.2, 0.25) is 4.34 Å². The molecule has 0 aromatic carbocycles. The van der Waals surface area contributed by atoms with Gasteiger partial charge in [-0.15, -0.1) is 22.7 Å². The second-order valence-electron chi connectivity index (χ2n) is 5.53. The number of carbonyl (C=O) groups excluding carboxylic acids is 1. The van der Waals surface area contributed by atoms with Crippen LogP contribution < -0.4 is 5.32 Å². The van der Waals surface area contributed by atoms with Gasteiger partial charge in [-0.05, 0) is 37.3 Å². The number of hydrogen-bond acceptors (Lipinski definition) is 5. The molecule has 0 saturated carbocycles. The van der Waals surface area contributed by atoms with E-state index in [2.05, 4.69) is 15.4 Å². The normalized spacial score (nSPS) is 11.2. The first kappa shape index (κ1) is 16.3. The minimum absolute atomic E-state index is 0.167. The maximum Gasteiger partial charge on any atom is 0.266 e. The number of pyridine rings is 1. The number of fused-ring (bicyclic) bond motifs is 1. The van der Waals surface area contributed by atoms with Gasteiger partial charge in [-0.25, -0.2) is 4.98 Å². The number of aromatic nitrogens is 3. The smallest absolute Gasteiger partial charge is 0.266 e. The van der Waals surface area contributed by atoms with Crippen molar-refractivity contribution in [3.8, 4) is 10.4 Å². The zero-order chi connectivity index (χ0) is 17.6. The summed E-state index contributed by atoms with van der Waals surface area (Å²) in [6.07, 6.45) is 1.73. The Morgan fingerprint density at radius 2 is 2.08 bits per heavy atom. The van der Waals surface area contributed by atoms with Crippen molar-refractivity contribution in [1.29, 1.82) is 0 Å². The quantitative estimate of drug-likeness (QED) is 0.538. The first-order chi connectivity index (χ1) is 12.0. The topological polar surface area (TPSA) is 59.8 Å². The van der Waals surface area contributed by atoms with Crippen LogP contribution in [0.1, 0.15) is 15.4 Å². The molecule has 8 heteroatoms. The van der Waals surface area contributed by atoms with E-state index in [0.29, 0.717) is 10.7 Å². The minimum atomic E-state index is -0.167.